The maximum absolute atomic E-state index is 10.8. The predicted octanol–water partition coefficient (Wildman–Crippen LogP) is 0.510. The Bertz CT molecular complexity index is 144. The Kier molecular flexibility index (Phi) is 4.15. The number of hydrogen-bond donors (Lipinski definition) is 1. The molecule has 1 heterocycles. The van der Waals surface area contributed by atoms with Crippen molar-refractivity contribution < 1.29 is 4.79 Å². The number of nitrogens with zero attached hydrogens (tertiary/aromatic N) is 1. The minimum atomic E-state index is 0.0515. The first-order valence-electron chi connectivity index (χ1n) is 4.81. The van der Waals surface area contributed by atoms with Crippen LogP contribution in [0.2, 0.25) is 0 Å². The first-order chi connectivity index (χ1) is 5.79. The van der Waals surface area contributed by atoms with Gasteiger partial charge in [-0.1, -0.05) is 19.3 Å². The van der Waals surface area contributed by atoms with Crippen LogP contribution >= 0.6 is 0 Å². The molecule has 4 heteroatoms. The highest BCUT2D eigenvalue weighted by atomic mass is 16.2. The summed E-state index contributed by atoms with van der Waals surface area (Å²) in [4.78, 5) is 10.8. The van der Waals surface area contributed by atoms with Crippen molar-refractivity contribution in [3.63, 3.8) is 0 Å². The minimum Gasteiger partial charge on any atom is -0.298 e. The predicted molar refractivity (Wildman–Crippen MR) is 51.7 cm³/mol. The number of carbonyl (C=O) groups is 1. The lowest BCUT2D eigenvalue weighted by Crippen LogP contribution is -2.43. The van der Waals surface area contributed by atoms with Crippen LogP contribution in [0, 0.1) is 0 Å². The van der Waals surface area contributed by atoms with Gasteiger partial charge in [0, 0.05) is 13.1 Å². The molecule has 0 spiro atoms. The zero-order chi connectivity index (χ0) is 8.81. The van der Waals surface area contributed by atoms with Crippen molar-refractivity contribution in [2.75, 3.05) is 13.1 Å². The van der Waals surface area contributed by atoms with Gasteiger partial charge in [0.1, 0.15) is 0 Å². The summed E-state index contributed by atoms with van der Waals surface area (Å²) in [6.45, 7) is 2.03. The lowest BCUT2D eigenvalue weighted by atomic mass is 10.1. The van der Waals surface area contributed by atoms with Crippen LogP contribution in [0.3, 0.4) is 0 Å². The van der Waals surface area contributed by atoms with E-state index in [2.05, 4.69) is 5.43 Å². The van der Waals surface area contributed by atoms with Gasteiger partial charge in [0.2, 0.25) is 7.85 Å². The van der Waals surface area contributed by atoms with Crippen molar-refractivity contribution in [1.82, 2.24) is 10.4 Å². The first kappa shape index (κ1) is 9.58. The molecule has 1 rings (SSSR count). The van der Waals surface area contributed by atoms with Gasteiger partial charge in [-0.2, -0.15) is 0 Å². The van der Waals surface area contributed by atoms with Crippen LogP contribution in [-0.2, 0) is 0 Å². The van der Waals surface area contributed by atoms with E-state index in [0.717, 1.165) is 13.1 Å². The molecular formula is C8H17BN2O. The highest BCUT2D eigenvalue weighted by Crippen LogP contribution is 2.08. The normalized spacial score (nSPS) is 21.0. The lowest BCUT2D eigenvalue weighted by Gasteiger charge is -2.24. The van der Waals surface area contributed by atoms with Gasteiger partial charge in [0.05, 0.1) is 0 Å². The Labute approximate surface area is 74.9 Å². The van der Waals surface area contributed by atoms with Crippen LogP contribution < -0.4 is 5.43 Å². The fraction of sp³-hybridized carbons (Fsp3) is 0.875. The Hall–Kier alpha value is -0.505. The second kappa shape index (κ2) is 5.20. The first-order valence-corrected chi connectivity index (χ1v) is 4.81. The van der Waals surface area contributed by atoms with E-state index in [1.165, 1.54) is 32.1 Å². The summed E-state index contributed by atoms with van der Waals surface area (Å²) in [7, 11) is 1.57. The smallest absolute Gasteiger partial charge is 0.217 e. The van der Waals surface area contributed by atoms with Crippen LogP contribution in [-0.4, -0.2) is 31.8 Å². The van der Waals surface area contributed by atoms with Crippen LogP contribution in [0.1, 0.15) is 32.1 Å². The summed E-state index contributed by atoms with van der Waals surface area (Å²) < 4.78 is 0. The molecule has 0 aromatic rings. The summed E-state index contributed by atoms with van der Waals surface area (Å²) in [5.41, 5.74) is 2.84. The summed E-state index contributed by atoms with van der Waals surface area (Å²) in [6.07, 6.45) is 6.38. The fourth-order valence-electron chi connectivity index (χ4n) is 1.58. The second-order valence-corrected chi connectivity index (χ2v) is 3.42. The minimum absolute atomic E-state index is 0.0515. The molecular weight excluding hydrogens is 151 g/mol. The van der Waals surface area contributed by atoms with E-state index in [-0.39, 0.29) is 5.81 Å². The van der Waals surface area contributed by atoms with E-state index >= 15 is 0 Å². The molecule has 0 bridgehead atoms. The summed E-state index contributed by atoms with van der Waals surface area (Å²) in [6, 6.07) is 0. The van der Waals surface area contributed by atoms with Gasteiger partial charge < -0.3 is 0 Å². The highest BCUT2D eigenvalue weighted by molar-refractivity contribution is 6.56. The van der Waals surface area contributed by atoms with E-state index in [1.54, 1.807) is 7.85 Å². The van der Waals surface area contributed by atoms with Crippen LogP contribution in [0.5, 0.6) is 0 Å². The molecule has 68 valence electrons. The zero-order valence-electron chi connectivity index (χ0n) is 7.81. The quantitative estimate of drug-likeness (QED) is 0.578. The third-order valence-electron chi connectivity index (χ3n) is 2.17. The molecule has 0 aliphatic carbocycles. The van der Waals surface area contributed by atoms with Crippen molar-refractivity contribution in [3.05, 3.63) is 0 Å². The van der Waals surface area contributed by atoms with Crippen LogP contribution in [0.15, 0.2) is 0 Å². The van der Waals surface area contributed by atoms with Crippen molar-refractivity contribution in [2.24, 2.45) is 0 Å². The van der Waals surface area contributed by atoms with Gasteiger partial charge >= 0.3 is 0 Å². The molecule has 0 atom stereocenters. The fourth-order valence-corrected chi connectivity index (χ4v) is 1.58. The molecule has 12 heavy (non-hydrogen) atoms. The monoisotopic (exact) mass is 168 g/mol. The maximum atomic E-state index is 10.8. The van der Waals surface area contributed by atoms with Crippen LogP contribution in [0.4, 0.5) is 4.79 Å². The summed E-state index contributed by atoms with van der Waals surface area (Å²) in [5, 5.41) is 2.04. The van der Waals surface area contributed by atoms with Gasteiger partial charge in [-0.3, -0.25) is 10.2 Å². The maximum Gasteiger partial charge on any atom is 0.217 e. The molecule has 1 aliphatic rings. The highest BCUT2D eigenvalue weighted by Gasteiger charge is 2.07. The molecule has 0 unspecified atom stereocenters. The van der Waals surface area contributed by atoms with E-state index in [4.69, 9.17) is 0 Å². The van der Waals surface area contributed by atoms with E-state index < -0.39 is 0 Å². The van der Waals surface area contributed by atoms with Crippen molar-refractivity contribution >= 4 is 13.7 Å². The number of nitrogens with one attached hydrogen (secondary N) is 1. The number of amides is 1. The number of rotatable bonds is 1. The second-order valence-electron chi connectivity index (χ2n) is 3.42. The third kappa shape index (κ3) is 3.76. The van der Waals surface area contributed by atoms with E-state index in [9.17, 15) is 4.79 Å². The van der Waals surface area contributed by atoms with Crippen molar-refractivity contribution in [3.8, 4) is 0 Å². The summed E-state index contributed by atoms with van der Waals surface area (Å²) >= 11 is 0. The molecule has 1 amide bonds. The zero-order valence-corrected chi connectivity index (χ0v) is 7.81. The van der Waals surface area contributed by atoms with Gasteiger partial charge in [-0.05, 0) is 12.8 Å². The van der Waals surface area contributed by atoms with Crippen LogP contribution in [0.25, 0.3) is 0 Å². The Balaban J connectivity index is 2.24. The molecule has 0 aromatic carbocycles. The number of carbonyl (C=O) groups excluding carboxylic acids is 1. The molecule has 0 radical (unpaired) electrons. The van der Waals surface area contributed by atoms with Gasteiger partial charge in [-0.25, -0.2) is 5.01 Å². The van der Waals surface area contributed by atoms with Crippen molar-refractivity contribution in [1.29, 1.82) is 0 Å². The molecule has 1 fully saturated rings. The summed E-state index contributed by atoms with van der Waals surface area (Å²) in [5.74, 6) is 0.0515. The Morgan fingerprint density at radius 3 is 2.08 bits per heavy atom. The van der Waals surface area contributed by atoms with E-state index in [0.29, 0.717) is 0 Å². The molecule has 1 saturated heterocycles. The lowest BCUT2D eigenvalue weighted by molar-refractivity contribution is 0.179. The number of hydrazine groups is 1. The average Bonchev–Trinajstić information content (AvgIpc) is 1.93. The van der Waals surface area contributed by atoms with Gasteiger partial charge in [0.15, 0.2) is 5.81 Å². The SMILES string of the molecule is BC(=O)NN1CCCCCCC1. The average molecular weight is 168 g/mol. The molecule has 3 nitrogen and oxygen atoms in total. The van der Waals surface area contributed by atoms with Gasteiger partial charge in [0.25, 0.3) is 0 Å². The molecule has 1 N–H and O–H groups in total. The Morgan fingerprint density at radius 1 is 1.08 bits per heavy atom. The standard InChI is InChI=1S/C8H17BN2O/c9-8(12)10-11-6-4-2-1-3-5-7-11/h1-7,9H2,(H,10,12). The van der Waals surface area contributed by atoms with E-state index in [1.807, 2.05) is 5.01 Å². The molecule has 0 aromatic heterocycles. The molecule has 0 saturated carbocycles. The Morgan fingerprint density at radius 2 is 1.58 bits per heavy atom. The van der Waals surface area contributed by atoms with Crippen molar-refractivity contribution in [2.45, 2.75) is 32.1 Å². The number of hydrogen-bond acceptors (Lipinski definition) is 2. The molecule has 1 aliphatic heterocycles. The largest absolute Gasteiger partial charge is 0.298 e. The van der Waals surface area contributed by atoms with Gasteiger partial charge in [-0.15, -0.1) is 0 Å². The third-order valence-corrected chi connectivity index (χ3v) is 2.17. The topological polar surface area (TPSA) is 32.3 Å².